The summed E-state index contributed by atoms with van der Waals surface area (Å²) in [5.74, 6) is 0.593. The Morgan fingerprint density at radius 3 is 2.16 bits per heavy atom. The normalized spacial score (nSPS) is 24.0. The maximum absolute atomic E-state index is 12.0. The fraction of sp³-hybridized carbons (Fsp3) is 0.571. The van der Waals surface area contributed by atoms with Gasteiger partial charge in [-0.25, -0.2) is 0 Å². The zero-order valence-electron chi connectivity index (χ0n) is 10.8. The van der Waals surface area contributed by atoms with Gasteiger partial charge < -0.3 is 10.1 Å². The molecule has 0 radical (unpaired) electrons. The van der Waals surface area contributed by atoms with E-state index in [4.69, 9.17) is 0 Å². The lowest BCUT2D eigenvalue weighted by atomic mass is 9.87. The molecule has 0 aromatic heterocycles. The molecule has 0 aliphatic heterocycles. The van der Waals surface area contributed by atoms with Crippen molar-refractivity contribution < 1.29 is 17.9 Å². The van der Waals surface area contributed by atoms with E-state index in [0.29, 0.717) is 6.04 Å². The molecule has 1 saturated carbocycles. The van der Waals surface area contributed by atoms with Crippen LogP contribution in [0.25, 0.3) is 0 Å². The molecule has 2 nitrogen and oxygen atoms in total. The Bertz CT molecular complexity index is 394. The second-order valence-electron chi connectivity index (χ2n) is 5.17. The van der Waals surface area contributed by atoms with E-state index in [1.165, 1.54) is 25.0 Å². The molecule has 1 aromatic carbocycles. The molecule has 19 heavy (non-hydrogen) atoms. The van der Waals surface area contributed by atoms with Gasteiger partial charge in [0.15, 0.2) is 0 Å². The predicted molar refractivity (Wildman–Crippen MR) is 68.2 cm³/mol. The van der Waals surface area contributed by atoms with Crippen molar-refractivity contribution in [3.63, 3.8) is 0 Å². The van der Waals surface area contributed by atoms with Gasteiger partial charge in [0, 0.05) is 11.7 Å². The average molecular weight is 273 g/mol. The summed E-state index contributed by atoms with van der Waals surface area (Å²) >= 11 is 0. The first-order valence-electron chi connectivity index (χ1n) is 6.55. The highest BCUT2D eigenvalue weighted by atomic mass is 19.4. The number of nitrogens with one attached hydrogen (secondary N) is 1. The number of anilines is 1. The molecule has 0 unspecified atom stereocenters. The molecule has 1 N–H and O–H groups in total. The van der Waals surface area contributed by atoms with E-state index in [-0.39, 0.29) is 5.75 Å². The Balaban J connectivity index is 1.88. The molecule has 0 saturated heterocycles. The van der Waals surface area contributed by atoms with Crippen LogP contribution >= 0.6 is 0 Å². The van der Waals surface area contributed by atoms with Crippen molar-refractivity contribution in [2.45, 2.75) is 45.0 Å². The zero-order valence-corrected chi connectivity index (χ0v) is 10.8. The number of hydrogen-bond acceptors (Lipinski definition) is 2. The highest BCUT2D eigenvalue weighted by molar-refractivity contribution is 5.47. The molecule has 2 rings (SSSR count). The fourth-order valence-electron chi connectivity index (χ4n) is 2.39. The first-order chi connectivity index (χ1) is 8.92. The smallest absolute Gasteiger partial charge is 0.406 e. The van der Waals surface area contributed by atoms with Gasteiger partial charge in [-0.1, -0.05) is 6.92 Å². The van der Waals surface area contributed by atoms with Crippen molar-refractivity contribution in [1.82, 2.24) is 0 Å². The van der Waals surface area contributed by atoms with Crippen LogP contribution in [0.1, 0.15) is 32.6 Å². The molecule has 0 heterocycles. The first kappa shape index (κ1) is 14.0. The van der Waals surface area contributed by atoms with Crippen molar-refractivity contribution >= 4 is 5.69 Å². The van der Waals surface area contributed by atoms with Crippen molar-refractivity contribution in [3.05, 3.63) is 24.3 Å². The number of benzene rings is 1. The summed E-state index contributed by atoms with van der Waals surface area (Å²) in [6, 6.07) is 6.34. The van der Waals surface area contributed by atoms with Gasteiger partial charge in [-0.3, -0.25) is 0 Å². The molecule has 1 aliphatic rings. The molecule has 0 bridgehead atoms. The number of halogens is 3. The van der Waals surface area contributed by atoms with Crippen LogP contribution in [0.2, 0.25) is 0 Å². The van der Waals surface area contributed by atoms with Crippen LogP contribution in [0, 0.1) is 5.92 Å². The fourth-order valence-corrected chi connectivity index (χ4v) is 2.39. The Hall–Kier alpha value is -1.39. The minimum Gasteiger partial charge on any atom is -0.406 e. The van der Waals surface area contributed by atoms with E-state index >= 15 is 0 Å². The third-order valence-electron chi connectivity index (χ3n) is 3.47. The van der Waals surface area contributed by atoms with Crippen LogP contribution in [0.4, 0.5) is 18.9 Å². The van der Waals surface area contributed by atoms with E-state index < -0.39 is 6.36 Å². The number of ether oxygens (including phenoxy) is 1. The molecule has 0 spiro atoms. The summed E-state index contributed by atoms with van der Waals surface area (Å²) in [7, 11) is 0. The minimum atomic E-state index is -4.63. The lowest BCUT2D eigenvalue weighted by Gasteiger charge is -2.27. The van der Waals surface area contributed by atoms with Crippen molar-refractivity contribution in [1.29, 1.82) is 0 Å². The van der Waals surface area contributed by atoms with Gasteiger partial charge in [-0.15, -0.1) is 13.2 Å². The lowest BCUT2D eigenvalue weighted by molar-refractivity contribution is -0.274. The molecule has 0 atom stereocenters. The molecule has 5 heteroatoms. The topological polar surface area (TPSA) is 21.3 Å². The van der Waals surface area contributed by atoms with Gasteiger partial charge in [0.2, 0.25) is 0 Å². The number of alkyl halides is 3. The van der Waals surface area contributed by atoms with Crippen molar-refractivity contribution in [3.8, 4) is 5.75 Å². The molecule has 1 fully saturated rings. The summed E-state index contributed by atoms with van der Waals surface area (Å²) in [6.07, 6.45) is -0.00172. The summed E-state index contributed by atoms with van der Waals surface area (Å²) in [5.41, 5.74) is 0.842. The van der Waals surface area contributed by atoms with Crippen molar-refractivity contribution in [2.75, 3.05) is 5.32 Å². The zero-order chi connectivity index (χ0) is 13.9. The quantitative estimate of drug-likeness (QED) is 0.870. The summed E-state index contributed by atoms with van der Waals surface area (Å²) in [4.78, 5) is 0. The SMILES string of the molecule is CC1CCC(Nc2ccc(OC(F)(F)F)cc2)CC1. The van der Waals surface area contributed by atoms with Crippen LogP contribution in [0.15, 0.2) is 24.3 Å². The second-order valence-corrected chi connectivity index (χ2v) is 5.17. The van der Waals surface area contributed by atoms with Gasteiger partial charge in [0.05, 0.1) is 0 Å². The van der Waals surface area contributed by atoms with Gasteiger partial charge >= 0.3 is 6.36 Å². The number of rotatable bonds is 3. The Morgan fingerprint density at radius 2 is 1.63 bits per heavy atom. The Morgan fingerprint density at radius 1 is 1.05 bits per heavy atom. The van der Waals surface area contributed by atoms with Crippen LogP contribution in [0.3, 0.4) is 0 Å². The second kappa shape index (κ2) is 5.72. The van der Waals surface area contributed by atoms with Gasteiger partial charge in [-0.05, 0) is 55.9 Å². The van der Waals surface area contributed by atoms with E-state index in [2.05, 4.69) is 17.0 Å². The Labute approximate surface area is 111 Å². The summed E-state index contributed by atoms with van der Waals surface area (Å²) < 4.78 is 39.9. The standard InChI is InChI=1S/C14H18F3NO/c1-10-2-4-11(5-3-10)18-12-6-8-13(9-7-12)19-14(15,16)17/h6-11,18H,2-5H2,1H3. The molecule has 1 aliphatic carbocycles. The van der Waals surface area contributed by atoms with E-state index in [1.54, 1.807) is 12.1 Å². The summed E-state index contributed by atoms with van der Waals surface area (Å²) in [5, 5.41) is 3.35. The monoisotopic (exact) mass is 273 g/mol. The molecular formula is C14H18F3NO. The summed E-state index contributed by atoms with van der Waals surface area (Å²) in [6.45, 7) is 2.25. The first-order valence-corrected chi connectivity index (χ1v) is 6.55. The molecule has 1 aromatic rings. The average Bonchev–Trinajstić information content (AvgIpc) is 2.33. The van der Waals surface area contributed by atoms with Gasteiger partial charge in [0.25, 0.3) is 0 Å². The van der Waals surface area contributed by atoms with Gasteiger partial charge in [0.1, 0.15) is 5.75 Å². The largest absolute Gasteiger partial charge is 0.573 e. The lowest BCUT2D eigenvalue weighted by Crippen LogP contribution is -2.25. The highest BCUT2D eigenvalue weighted by Gasteiger charge is 2.31. The maximum atomic E-state index is 12.0. The molecule has 106 valence electrons. The molecular weight excluding hydrogens is 255 g/mol. The highest BCUT2D eigenvalue weighted by Crippen LogP contribution is 2.28. The minimum absolute atomic E-state index is 0.185. The van der Waals surface area contributed by atoms with Crippen LogP contribution in [-0.4, -0.2) is 12.4 Å². The Kier molecular flexibility index (Phi) is 4.22. The van der Waals surface area contributed by atoms with E-state index in [9.17, 15) is 13.2 Å². The third-order valence-corrected chi connectivity index (χ3v) is 3.47. The van der Waals surface area contributed by atoms with Crippen molar-refractivity contribution in [2.24, 2.45) is 5.92 Å². The molecule has 0 amide bonds. The van der Waals surface area contributed by atoms with Crippen LogP contribution < -0.4 is 10.1 Å². The van der Waals surface area contributed by atoms with Gasteiger partial charge in [-0.2, -0.15) is 0 Å². The number of hydrogen-bond donors (Lipinski definition) is 1. The van der Waals surface area contributed by atoms with Crippen LogP contribution in [0.5, 0.6) is 5.75 Å². The predicted octanol–water partition coefficient (Wildman–Crippen LogP) is 4.58. The van der Waals surface area contributed by atoms with E-state index in [1.807, 2.05) is 0 Å². The van der Waals surface area contributed by atoms with Crippen LogP contribution in [-0.2, 0) is 0 Å². The maximum Gasteiger partial charge on any atom is 0.573 e. The third kappa shape index (κ3) is 4.65. The van der Waals surface area contributed by atoms with E-state index in [0.717, 1.165) is 24.4 Å².